The first-order chi connectivity index (χ1) is 11.4. The van der Waals surface area contributed by atoms with Crippen molar-refractivity contribution >= 4 is 28.7 Å². The Morgan fingerprint density at radius 2 is 1.67 bits per heavy atom. The van der Waals surface area contributed by atoms with Crippen LogP contribution >= 0.6 is 0 Å². The van der Waals surface area contributed by atoms with Gasteiger partial charge in [0.15, 0.2) is 0 Å². The van der Waals surface area contributed by atoms with Crippen LogP contribution in [0.15, 0.2) is 36.4 Å². The van der Waals surface area contributed by atoms with Crippen molar-refractivity contribution in [3.05, 3.63) is 42.1 Å². The number of pyridine rings is 1. The summed E-state index contributed by atoms with van der Waals surface area (Å²) in [5.41, 5.74) is 4.29. The molecule has 5 rings (SSSR count). The van der Waals surface area contributed by atoms with E-state index in [0.717, 1.165) is 5.39 Å². The van der Waals surface area contributed by atoms with Gasteiger partial charge in [0.1, 0.15) is 5.69 Å². The summed E-state index contributed by atoms with van der Waals surface area (Å²) in [5, 5.41) is 9.99. The first kappa shape index (κ1) is 14.6. The van der Waals surface area contributed by atoms with Crippen LogP contribution in [0.1, 0.15) is 29.8 Å². The number of nitrogens with one attached hydrogen (secondary N) is 2. The summed E-state index contributed by atoms with van der Waals surface area (Å²) in [6, 6.07) is 10.8. The van der Waals surface area contributed by atoms with E-state index in [1.165, 1.54) is 0 Å². The highest BCUT2D eigenvalue weighted by Gasteiger charge is 2.75. The van der Waals surface area contributed by atoms with Crippen LogP contribution in [0, 0.1) is 10.8 Å². The molecule has 0 unspecified atom stereocenters. The highest BCUT2D eigenvalue weighted by molar-refractivity contribution is 5.98. The quantitative estimate of drug-likeness (QED) is 0.736. The van der Waals surface area contributed by atoms with E-state index in [9.17, 15) is 14.4 Å². The van der Waals surface area contributed by atoms with E-state index in [4.69, 9.17) is 5.11 Å². The highest BCUT2D eigenvalue weighted by atomic mass is 16.4. The Bertz CT molecular complexity index is 873. The summed E-state index contributed by atoms with van der Waals surface area (Å²) in [4.78, 5) is 39.6. The number of carboxylic acids is 1. The van der Waals surface area contributed by atoms with E-state index in [2.05, 4.69) is 15.8 Å². The molecule has 0 radical (unpaired) electrons. The summed E-state index contributed by atoms with van der Waals surface area (Å²) in [5.74, 6) is -1.69. The van der Waals surface area contributed by atoms with Crippen LogP contribution in [-0.4, -0.2) is 27.9 Å². The smallest absolute Gasteiger partial charge is 0.309 e. The molecule has 7 nitrogen and oxygen atoms in total. The van der Waals surface area contributed by atoms with Crippen LogP contribution in [0.4, 0.5) is 0 Å². The van der Waals surface area contributed by atoms with Crippen molar-refractivity contribution in [2.24, 2.45) is 10.8 Å². The summed E-state index contributed by atoms with van der Waals surface area (Å²) in [6.07, 6.45) is 1.02. The number of rotatable bonds is 3. The number of carbonyl (C=O) groups is 3. The number of hydrogen-bond donors (Lipinski definition) is 3. The fourth-order valence-corrected chi connectivity index (χ4v) is 3.76. The molecular formula is C17H15N3O4. The van der Waals surface area contributed by atoms with Gasteiger partial charge in [0.2, 0.25) is 5.91 Å². The molecule has 1 aromatic carbocycles. The van der Waals surface area contributed by atoms with Crippen molar-refractivity contribution in [3.63, 3.8) is 0 Å². The standard InChI is InChI=1S/C17H15N3O4/c21-13(12-6-5-10-3-1-2-4-11(10)18-12)19-20-14(22)16-7-17(8-16,9-16)15(23)24/h1-6H,7-9H2,(H,19,21)(H,20,22)(H,23,24). The lowest BCUT2D eigenvalue weighted by atomic mass is 9.35. The highest BCUT2D eigenvalue weighted by Crippen LogP contribution is 2.73. The second-order valence-corrected chi connectivity index (χ2v) is 6.69. The van der Waals surface area contributed by atoms with E-state index in [1.54, 1.807) is 18.2 Å². The van der Waals surface area contributed by atoms with Crippen molar-refractivity contribution < 1.29 is 19.5 Å². The van der Waals surface area contributed by atoms with Crippen LogP contribution < -0.4 is 10.9 Å². The topological polar surface area (TPSA) is 108 Å². The number of aromatic nitrogens is 1. The lowest BCUT2D eigenvalue weighted by Crippen LogP contribution is -2.71. The van der Waals surface area contributed by atoms with Gasteiger partial charge in [-0.1, -0.05) is 24.3 Å². The van der Waals surface area contributed by atoms with Crippen molar-refractivity contribution in [1.29, 1.82) is 0 Å². The van der Waals surface area contributed by atoms with Crippen molar-refractivity contribution in [1.82, 2.24) is 15.8 Å². The van der Waals surface area contributed by atoms with Gasteiger partial charge in [-0.2, -0.15) is 0 Å². The fourth-order valence-electron chi connectivity index (χ4n) is 3.76. The Hall–Kier alpha value is -2.96. The van der Waals surface area contributed by atoms with E-state index in [1.807, 2.05) is 18.2 Å². The third kappa shape index (κ3) is 1.97. The number of hydrogen-bond acceptors (Lipinski definition) is 4. The molecule has 3 aliphatic rings. The van der Waals surface area contributed by atoms with Gasteiger partial charge in [-0.05, 0) is 31.4 Å². The second kappa shape index (κ2) is 4.77. The number of hydrazine groups is 1. The van der Waals surface area contributed by atoms with Gasteiger partial charge in [0, 0.05) is 5.39 Å². The Kier molecular flexibility index (Phi) is 2.90. The monoisotopic (exact) mass is 325 g/mol. The predicted octanol–water partition coefficient (Wildman–Crippen LogP) is 1.25. The number of amides is 2. The summed E-state index contributed by atoms with van der Waals surface area (Å²) < 4.78 is 0. The third-order valence-electron chi connectivity index (χ3n) is 5.09. The van der Waals surface area contributed by atoms with Gasteiger partial charge in [-0.3, -0.25) is 25.2 Å². The van der Waals surface area contributed by atoms with Crippen molar-refractivity contribution in [2.45, 2.75) is 19.3 Å². The van der Waals surface area contributed by atoms with E-state index in [0.29, 0.717) is 24.8 Å². The summed E-state index contributed by atoms with van der Waals surface area (Å²) in [7, 11) is 0. The molecule has 122 valence electrons. The normalized spacial score (nSPS) is 26.8. The molecule has 3 fully saturated rings. The lowest BCUT2D eigenvalue weighted by Gasteiger charge is -2.66. The maximum atomic E-state index is 12.2. The Labute approximate surface area is 137 Å². The molecule has 0 spiro atoms. The molecule has 0 aliphatic heterocycles. The van der Waals surface area contributed by atoms with Crippen LogP contribution in [0.2, 0.25) is 0 Å². The first-order valence-electron chi connectivity index (χ1n) is 7.64. The van der Waals surface area contributed by atoms with Crippen LogP contribution in [-0.2, 0) is 9.59 Å². The predicted molar refractivity (Wildman–Crippen MR) is 83.7 cm³/mol. The number of carboxylic acid groups (broad SMARTS) is 1. The average Bonchev–Trinajstić information content (AvgIpc) is 2.49. The fraction of sp³-hybridized carbons (Fsp3) is 0.294. The van der Waals surface area contributed by atoms with E-state index in [-0.39, 0.29) is 11.6 Å². The largest absolute Gasteiger partial charge is 0.481 e. The van der Waals surface area contributed by atoms with Gasteiger partial charge >= 0.3 is 5.97 Å². The molecule has 3 N–H and O–H groups in total. The van der Waals surface area contributed by atoms with Crippen LogP contribution in [0.5, 0.6) is 0 Å². The number of aliphatic carboxylic acids is 1. The first-order valence-corrected chi connectivity index (χ1v) is 7.64. The maximum Gasteiger partial charge on any atom is 0.309 e. The van der Waals surface area contributed by atoms with Crippen LogP contribution in [0.25, 0.3) is 10.9 Å². The molecular weight excluding hydrogens is 310 g/mol. The van der Waals surface area contributed by atoms with Gasteiger partial charge in [0.05, 0.1) is 16.3 Å². The minimum atomic E-state index is -0.846. The molecule has 24 heavy (non-hydrogen) atoms. The minimum Gasteiger partial charge on any atom is -0.481 e. The van der Waals surface area contributed by atoms with E-state index >= 15 is 0 Å². The zero-order chi connectivity index (χ0) is 16.9. The number of nitrogens with zero attached hydrogens (tertiary/aromatic N) is 1. The lowest BCUT2D eigenvalue weighted by molar-refractivity contribution is -0.220. The molecule has 2 aromatic rings. The molecule has 1 aromatic heterocycles. The zero-order valence-corrected chi connectivity index (χ0v) is 12.7. The SMILES string of the molecule is O=C(NNC(=O)C12CC(C(=O)O)(C1)C2)c1ccc2ccccc2n1. The molecule has 0 saturated heterocycles. The molecule has 3 aliphatic carbocycles. The maximum absolute atomic E-state index is 12.2. The molecule has 0 atom stereocenters. The summed E-state index contributed by atoms with van der Waals surface area (Å²) in [6.45, 7) is 0. The Morgan fingerprint density at radius 1 is 0.958 bits per heavy atom. The molecule has 2 bridgehead atoms. The number of benzene rings is 1. The number of fused-ring (bicyclic) bond motifs is 1. The second-order valence-electron chi connectivity index (χ2n) is 6.69. The Morgan fingerprint density at radius 3 is 2.38 bits per heavy atom. The third-order valence-corrected chi connectivity index (χ3v) is 5.09. The minimum absolute atomic E-state index is 0.202. The summed E-state index contributed by atoms with van der Waals surface area (Å²) >= 11 is 0. The Balaban J connectivity index is 1.38. The van der Waals surface area contributed by atoms with Crippen molar-refractivity contribution in [3.8, 4) is 0 Å². The average molecular weight is 325 g/mol. The molecule has 1 heterocycles. The van der Waals surface area contributed by atoms with Gasteiger partial charge in [-0.15, -0.1) is 0 Å². The van der Waals surface area contributed by atoms with Crippen LogP contribution in [0.3, 0.4) is 0 Å². The molecule has 3 saturated carbocycles. The zero-order valence-electron chi connectivity index (χ0n) is 12.7. The molecule has 2 amide bonds. The van der Waals surface area contributed by atoms with Gasteiger partial charge in [-0.25, -0.2) is 4.98 Å². The van der Waals surface area contributed by atoms with Gasteiger partial charge < -0.3 is 5.11 Å². The number of para-hydroxylation sites is 1. The van der Waals surface area contributed by atoms with Crippen molar-refractivity contribution in [2.75, 3.05) is 0 Å². The van der Waals surface area contributed by atoms with Gasteiger partial charge in [0.25, 0.3) is 5.91 Å². The molecule has 7 heteroatoms. The van der Waals surface area contributed by atoms with E-state index < -0.39 is 22.7 Å². The number of carbonyl (C=O) groups excluding carboxylic acids is 2.